The maximum Gasteiger partial charge on any atom is 0.255 e. The fourth-order valence-electron chi connectivity index (χ4n) is 4.04. The van der Waals surface area contributed by atoms with Crippen molar-refractivity contribution in [1.29, 1.82) is 0 Å². The lowest BCUT2D eigenvalue weighted by atomic mass is 10.1. The summed E-state index contributed by atoms with van der Waals surface area (Å²) in [4.78, 5) is 25.8. The molecule has 2 amide bonds. The molecule has 7 nitrogen and oxygen atoms in total. The molecule has 0 saturated carbocycles. The van der Waals surface area contributed by atoms with Crippen LogP contribution in [-0.2, 0) is 23.0 Å². The first-order chi connectivity index (χ1) is 19.1. The first kappa shape index (κ1) is 29.1. The van der Waals surface area contributed by atoms with E-state index in [1.807, 2.05) is 30.3 Å². The van der Waals surface area contributed by atoms with Crippen LogP contribution in [0.2, 0.25) is 10.0 Å². The number of halogens is 2. The highest BCUT2D eigenvalue weighted by molar-refractivity contribution is 7.92. The van der Waals surface area contributed by atoms with E-state index in [-0.39, 0.29) is 28.2 Å². The Hall–Kier alpha value is -3.85. The summed E-state index contributed by atoms with van der Waals surface area (Å²) in [6, 6.07) is 27.9. The van der Waals surface area contributed by atoms with Gasteiger partial charge in [0.15, 0.2) is 0 Å². The van der Waals surface area contributed by atoms with E-state index in [1.54, 1.807) is 66.7 Å². The van der Waals surface area contributed by atoms with E-state index in [1.165, 1.54) is 0 Å². The average molecular weight is 597 g/mol. The lowest BCUT2D eigenvalue weighted by molar-refractivity contribution is 0.0955. The number of anilines is 2. The minimum Gasteiger partial charge on any atom is -0.352 e. The largest absolute Gasteiger partial charge is 0.352 e. The Labute approximate surface area is 243 Å². The molecule has 206 valence electrons. The molecule has 0 radical (unpaired) electrons. The Morgan fingerprint density at radius 1 is 0.775 bits per heavy atom. The van der Waals surface area contributed by atoms with Crippen LogP contribution in [-0.4, -0.2) is 33.0 Å². The van der Waals surface area contributed by atoms with Crippen LogP contribution in [0.5, 0.6) is 0 Å². The van der Waals surface area contributed by atoms with Crippen LogP contribution in [0, 0.1) is 0 Å². The second-order valence-electron chi connectivity index (χ2n) is 9.03. The van der Waals surface area contributed by atoms with Crippen molar-refractivity contribution in [2.75, 3.05) is 22.4 Å². The molecule has 0 saturated heterocycles. The molecule has 0 aliphatic heterocycles. The molecule has 4 rings (SSSR count). The molecule has 0 atom stereocenters. The predicted molar refractivity (Wildman–Crippen MR) is 161 cm³/mol. The second-order valence-corrected chi connectivity index (χ2v) is 11.7. The van der Waals surface area contributed by atoms with Crippen LogP contribution in [0.15, 0.2) is 97.1 Å². The molecule has 0 heterocycles. The maximum absolute atomic E-state index is 13.0. The van der Waals surface area contributed by atoms with E-state index in [2.05, 4.69) is 10.6 Å². The third kappa shape index (κ3) is 7.41. The first-order valence-corrected chi connectivity index (χ1v) is 15.0. The van der Waals surface area contributed by atoms with Crippen molar-refractivity contribution in [2.24, 2.45) is 0 Å². The van der Waals surface area contributed by atoms with Crippen molar-refractivity contribution in [3.05, 3.63) is 129 Å². The van der Waals surface area contributed by atoms with Gasteiger partial charge in [-0.05, 0) is 53.9 Å². The van der Waals surface area contributed by atoms with E-state index in [4.69, 9.17) is 23.2 Å². The van der Waals surface area contributed by atoms with Gasteiger partial charge in [-0.3, -0.25) is 13.9 Å². The molecule has 0 spiro atoms. The average Bonchev–Trinajstić information content (AvgIpc) is 2.94. The number of carbonyl (C=O) groups is 2. The Balaban J connectivity index is 1.43. The lowest BCUT2D eigenvalue weighted by Crippen LogP contribution is -2.29. The molecule has 0 bridgehead atoms. The van der Waals surface area contributed by atoms with Crippen molar-refractivity contribution in [3.8, 4) is 0 Å². The second kappa shape index (κ2) is 13.0. The topological polar surface area (TPSA) is 95.6 Å². The minimum absolute atomic E-state index is 0.00716. The highest BCUT2D eigenvalue weighted by Crippen LogP contribution is 2.34. The molecular formula is C30H27Cl2N3O4S. The van der Waals surface area contributed by atoms with Gasteiger partial charge in [0.25, 0.3) is 11.8 Å². The van der Waals surface area contributed by atoms with Gasteiger partial charge in [0, 0.05) is 12.1 Å². The number of benzene rings is 4. The molecule has 40 heavy (non-hydrogen) atoms. The minimum atomic E-state index is -3.69. The zero-order valence-electron chi connectivity index (χ0n) is 21.6. The van der Waals surface area contributed by atoms with Crippen molar-refractivity contribution in [3.63, 3.8) is 0 Å². The third-order valence-corrected chi connectivity index (χ3v) is 8.04. The van der Waals surface area contributed by atoms with Crippen LogP contribution in [0.3, 0.4) is 0 Å². The Bertz CT molecular complexity index is 1610. The molecule has 0 fully saturated rings. The maximum atomic E-state index is 13.0. The number of rotatable bonds is 10. The van der Waals surface area contributed by atoms with Crippen LogP contribution in [0.1, 0.15) is 31.8 Å². The molecular weight excluding hydrogens is 569 g/mol. The predicted octanol–water partition coefficient (Wildman–Crippen LogP) is 6.18. The number of sulfonamides is 1. The van der Waals surface area contributed by atoms with Crippen LogP contribution in [0.25, 0.3) is 0 Å². The Kier molecular flexibility index (Phi) is 9.47. The fraction of sp³-hybridized carbons (Fsp3) is 0.133. The van der Waals surface area contributed by atoms with Crippen LogP contribution < -0.4 is 14.9 Å². The molecule has 0 aromatic heterocycles. The summed E-state index contributed by atoms with van der Waals surface area (Å²) in [6.45, 7) is 0.449. The van der Waals surface area contributed by atoms with Gasteiger partial charge in [-0.15, -0.1) is 0 Å². The summed E-state index contributed by atoms with van der Waals surface area (Å²) in [6.07, 6.45) is 1.77. The summed E-state index contributed by atoms with van der Waals surface area (Å²) < 4.78 is 26.2. The zero-order valence-corrected chi connectivity index (χ0v) is 23.9. The van der Waals surface area contributed by atoms with Crippen molar-refractivity contribution in [2.45, 2.75) is 13.0 Å². The third-order valence-electron chi connectivity index (χ3n) is 6.10. The van der Waals surface area contributed by atoms with Crippen molar-refractivity contribution < 1.29 is 18.0 Å². The van der Waals surface area contributed by atoms with Crippen LogP contribution in [0.4, 0.5) is 11.4 Å². The monoisotopic (exact) mass is 595 g/mol. The quantitative estimate of drug-likeness (QED) is 0.229. The molecule has 0 unspecified atom stereocenters. The summed E-state index contributed by atoms with van der Waals surface area (Å²) >= 11 is 12.4. The van der Waals surface area contributed by atoms with Crippen molar-refractivity contribution >= 4 is 56.4 Å². The number of nitrogens with zero attached hydrogens (tertiary/aromatic N) is 1. The van der Waals surface area contributed by atoms with Crippen molar-refractivity contribution in [1.82, 2.24) is 5.32 Å². The molecule has 2 N–H and O–H groups in total. The summed E-state index contributed by atoms with van der Waals surface area (Å²) in [7, 11) is -3.69. The number of para-hydroxylation sites is 1. The summed E-state index contributed by atoms with van der Waals surface area (Å²) in [5, 5.41) is 6.07. The van der Waals surface area contributed by atoms with E-state index >= 15 is 0 Å². The molecule has 0 aliphatic carbocycles. The summed E-state index contributed by atoms with van der Waals surface area (Å²) in [5.74, 6) is -0.698. The van der Waals surface area contributed by atoms with Gasteiger partial charge in [0.1, 0.15) is 0 Å². The number of carbonyl (C=O) groups excluding carboxylic acids is 2. The number of hydrogen-bond donors (Lipinski definition) is 2. The molecule has 4 aromatic rings. The zero-order chi connectivity index (χ0) is 28.7. The van der Waals surface area contributed by atoms with Gasteiger partial charge >= 0.3 is 0 Å². The van der Waals surface area contributed by atoms with Gasteiger partial charge in [0.05, 0.1) is 39.8 Å². The highest BCUT2D eigenvalue weighted by Gasteiger charge is 2.22. The number of nitrogens with one attached hydrogen (secondary N) is 2. The first-order valence-electron chi connectivity index (χ1n) is 12.4. The van der Waals surface area contributed by atoms with Gasteiger partial charge in [-0.25, -0.2) is 8.42 Å². The lowest BCUT2D eigenvalue weighted by Gasteiger charge is -2.24. The SMILES string of the molecule is CS(=O)(=O)N(Cc1ccc(C(=O)Nc2ccccc2C(=O)NCCc2ccccc2)cc1)c1cccc(Cl)c1Cl. The van der Waals surface area contributed by atoms with Gasteiger partial charge in [0.2, 0.25) is 10.0 Å². The van der Waals surface area contributed by atoms with Gasteiger partial charge in [-0.1, -0.05) is 83.9 Å². The fourth-order valence-corrected chi connectivity index (χ4v) is 5.38. The molecule has 0 aliphatic rings. The number of hydrogen-bond acceptors (Lipinski definition) is 4. The Morgan fingerprint density at radius 2 is 1.45 bits per heavy atom. The van der Waals surface area contributed by atoms with Crippen LogP contribution >= 0.6 is 23.2 Å². The van der Waals surface area contributed by atoms with E-state index < -0.39 is 15.9 Å². The smallest absolute Gasteiger partial charge is 0.255 e. The molecule has 4 aromatic carbocycles. The van der Waals surface area contributed by atoms with Gasteiger partial charge in [-0.2, -0.15) is 0 Å². The highest BCUT2D eigenvalue weighted by atomic mass is 35.5. The standard InChI is InChI=1S/C30H27Cl2N3O4S/c1-40(38,39)35(27-13-7-11-25(31)28(27)32)20-22-14-16-23(17-15-22)29(36)34-26-12-6-5-10-24(26)30(37)33-19-18-21-8-3-2-4-9-21/h2-17H,18-20H2,1H3,(H,33,37)(H,34,36). The Morgan fingerprint density at radius 3 is 2.15 bits per heavy atom. The van der Waals surface area contributed by atoms with E-state index in [9.17, 15) is 18.0 Å². The van der Waals surface area contributed by atoms with Gasteiger partial charge < -0.3 is 10.6 Å². The van der Waals surface area contributed by atoms with E-state index in [0.29, 0.717) is 35.3 Å². The number of amides is 2. The van der Waals surface area contributed by atoms with E-state index in [0.717, 1.165) is 16.1 Å². The normalized spacial score (nSPS) is 11.1. The molecule has 10 heteroatoms. The summed E-state index contributed by atoms with van der Waals surface area (Å²) in [5.41, 5.74) is 3.08.